The van der Waals surface area contributed by atoms with Gasteiger partial charge in [-0.25, -0.2) is 4.79 Å². The Balaban J connectivity index is 1.47. The van der Waals surface area contributed by atoms with Crippen LogP contribution in [0.4, 0.5) is 5.00 Å². The lowest BCUT2D eigenvalue weighted by atomic mass is 10.1. The Morgan fingerprint density at radius 2 is 2.10 bits per heavy atom. The lowest BCUT2D eigenvalue weighted by Crippen LogP contribution is -2.22. The summed E-state index contributed by atoms with van der Waals surface area (Å²) in [5.74, 6) is -0.505. The molecule has 0 saturated carbocycles. The van der Waals surface area contributed by atoms with Gasteiger partial charge in [0, 0.05) is 22.4 Å². The number of hydrogen-bond acceptors (Lipinski definition) is 6. The summed E-state index contributed by atoms with van der Waals surface area (Å²) in [6, 6.07) is 6.68. The molecular formula is C22H22N2O5S. The number of benzene rings is 1. The molecule has 2 aromatic heterocycles. The summed E-state index contributed by atoms with van der Waals surface area (Å²) in [5, 5.41) is 4.08. The Hall–Kier alpha value is -3.13. The fourth-order valence-corrected chi connectivity index (χ4v) is 5.15. The molecule has 7 nitrogen and oxygen atoms in total. The number of hydrogen-bond donors (Lipinski definition) is 2. The van der Waals surface area contributed by atoms with Crippen LogP contribution in [0.2, 0.25) is 0 Å². The van der Waals surface area contributed by atoms with Crippen molar-refractivity contribution in [1.29, 1.82) is 0 Å². The van der Waals surface area contributed by atoms with Crippen molar-refractivity contribution in [3.8, 4) is 5.75 Å². The number of fused-ring (bicyclic) bond motifs is 2. The number of rotatable bonds is 7. The lowest BCUT2D eigenvalue weighted by molar-refractivity contribution is -0.118. The molecule has 30 heavy (non-hydrogen) atoms. The first-order chi connectivity index (χ1) is 14.5. The fraction of sp³-hybridized carbons (Fsp3) is 0.318. The Kier molecular flexibility index (Phi) is 5.59. The molecular weight excluding hydrogens is 404 g/mol. The van der Waals surface area contributed by atoms with Crippen molar-refractivity contribution in [2.24, 2.45) is 5.73 Å². The number of primary amides is 1. The number of carbonyl (C=O) groups excluding carboxylic acids is 2. The van der Waals surface area contributed by atoms with E-state index in [-0.39, 0.29) is 6.61 Å². The SMILES string of the molecule is CCCc1cc(=O)oc2cc(OCC(=O)Nc3sc4c(c3C(N)=O)CCC4)ccc12. The average Bonchev–Trinajstić information content (AvgIpc) is 3.26. The number of thiophene rings is 1. The van der Waals surface area contributed by atoms with E-state index in [9.17, 15) is 14.4 Å². The van der Waals surface area contributed by atoms with Crippen LogP contribution in [-0.4, -0.2) is 18.4 Å². The molecule has 0 fully saturated rings. The predicted molar refractivity (Wildman–Crippen MR) is 115 cm³/mol. The third kappa shape index (κ3) is 3.95. The van der Waals surface area contributed by atoms with Gasteiger partial charge in [0.1, 0.15) is 16.3 Å². The minimum Gasteiger partial charge on any atom is -0.484 e. The van der Waals surface area contributed by atoms with Crippen molar-refractivity contribution in [2.75, 3.05) is 11.9 Å². The van der Waals surface area contributed by atoms with Crippen LogP contribution < -0.4 is 21.4 Å². The van der Waals surface area contributed by atoms with E-state index in [0.717, 1.165) is 53.5 Å². The molecule has 2 heterocycles. The van der Waals surface area contributed by atoms with Crippen molar-refractivity contribution in [3.63, 3.8) is 0 Å². The van der Waals surface area contributed by atoms with E-state index < -0.39 is 17.4 Å². The van der Waals surface area contributed by atoms with E-state index in [2.05, 4.69) is 5.32 Å². The third-order valence-electron chi connectivity index (χ3n) is 5.11. The maximum absolute atomic E-state index is 12.4. The van der Waals surface area contributed by atoms with Crippen LogP contribution in [0.25, 0.3) is 11.0 Å². The molecule has 2 amide bonds. The van der Waals surface area contributed by atoms with Crippen LogP contribution >= 0.6 is 11.3 Å². The first kappa shape index (κ1) is 20.2. The van der Waals surface area contributed by atoms with E-state index in [1.165, 1.54) is 17.4 Å². The van der Waals surface area contributed by atoms with Crippen LogP contribution in [0.5, 0.6) is 5.75 Å². The number of nitrogens with one attached hydrogen (secondary N) is 1. The van der Waals surface area contributed by atoms with Crippen LogP contribution in [0.1, 0.15) is 46.1 Å². The van der Waals surface area contributed by atoms with Crippen molar-refractivity contribution in [1.82, 2.24) is 0 Å². The van der Waals surface area contributed by atoms with Crippen LogP contribution in [0, 0.1) is 0 Å². The third-order valence-corrected chi connectivity index (χ3v) is 6.32. The second-order valence-electron chi connectivity index (χ2n) is 7.26. The van der Waals surface area contributed by atoms with Crippen LogP contribution in [-0.2, 0) is 24.1 Å². The van der Waals surface area contributed by atoms with Gasteiger partial charge in [-0.15, -0.1) is 11.3 Å². The number of aryl methyl sites for hydroxylation is 2. The minimum absolute atomic E-state index is 0.245. The molecule has 1 aliphatic carbocycles. The summed E-state index contributed by atoms with van der Waals surface area (Å²) >= 11 is 1.40. The van der Waals surface area contributed by atoms with E-state index in [1.54, 1.807) is 12.1 Å². The molecule has 3 aromatic rings. The fourth-order valence-electron chi connectivity index (χ4n) is 3.84. The van der Waals surface area contributed by atoms with Crippen molar-refractivity contribution < 1.29 is 18.7 Å². The smallest absolute Gasteiger partial charge is 0.336 e. The van der Waals surface area contributed by atoms with Gasteiger partial charge in [0.05, 0.1) is 5.56 Å². The molecule has 1 aromatic carbocycles. The maximum Gasteiger partial charge on any atom is 0.336 e. The first-order valence-electron chi connectivity index (χ1n) is 9.90. The molecule has 4 rings (SSSR count). The molecule has 0 radical (unpaired) electrons. The molecule has 0 aliphatic heterocycles. The van der Waals surface area contributed by atoms with Gasteiger partial charge in [0.2, 0.25) is 0 Å². The second kappa shape index (κ2) is 8.31. The summed E-state index contributed by atoms with van der Waals surface area (Å²) in [6.07, 6.45) is 4.39. The molecule has 3 N–H and O–H groups in total. The van der Waals surface area contributed by atoms with E-state index in [4.69, 9.17) is 14.9 Å². The zero-order chi connectivity index (χ0) is 21.3. The van der Waals surface area contributed by atoms with E-state index >= 15 is 0 Å². The molecule has 0 spiro atoms. The standard InChI is InChI=1S/C22H22N2O5S/c1-2-4-12-9-19(26)29-16-10-13(7-8-14(12)16)28-11-18(25)24-22-20(21(23)27)15-5-3-6-17(15)30-22/h7-10H,2-6,11H2,1H3,(H2,23,27)(H,24,25). The highest BCUT2D eigenvalue weighted by molar-refractivity contribution is 7.17. The van der Waals surface area contributed by atoms with Crippen molar-refractivity contribution in [3.05, 3.63) is 56.3 Å². The summed E-state index contributed by atoms with van der Waals surface area (Å²) < 4.78 is 10.9. The zero-order valence-corrected chi connectivity index (χ0v) is 17.4. The van der Waals surface area contributed by atoms with Gasteiger partial charge < -0.3 is 20.2 Å². The Morgan fingerprint density at radius 1 is 1.27 bits per heavy atom. The number of carbonyl (C=O) groups is 2. The van der Waals surface area contributed by atoms with Gasteiger partial charge in [-0.1, -0.05) is 13.3 Å². The number of ether oxygens (including phenoxy) is 1. The van der Waals surface area contributed by atoms with Crippen molar-refractivity contribution in [2.45, 2.75) is 39.0 Å². The topological polar surface area (TPSA) is 112 Å². The summed E-state index contributed by atoms with van der Waals surface area (Å²) in [7, 11) is 0. The normalized spacial score (nSPS) is 12.7. The average molecular weight is 426 g/mol. The highest BCUT2D eigenvalue weighted by Gasteiger charge is 2.26. The lowest BCUT2D eigenvalue weighted by Gasteiger charge is -2.09. The van der Waals surface area contributed by atoms with Gasteiger partial charge in [0.15, 0.2) is 6.61 Å². The van der Waals surface area contributed by atoms with E-state index in [0.29, 0.717) is 21.9 Å². The highest BCUT2D eigenvalue weighted by atomic mass is 32.1. The van der Waals surface area contributed by atoms with Crippen molar-refractivity contribution >= 4 is 39.1 Å². The van der Waals surface area contributed by atoms with Gasteiger partial charge in [-0.3, -0.25) is 9.59 Å². The molecule has 0 bridgehead atoms. The first-order valence-corrected chi connectivity index (χ1v) is 10.7. The van der Waals surface area contributed by atoms with Crippen LogP contribution in [0.15, 0.2) is 33.5 Å². The highest BCUT2D eigenvalue weighted by Crippen LogP contribution is 2.38. The molecule has 0 saturated heterocycles. The second-order valence-corrected chi connectivity index (χ2v) is 8.37. The molecule has 0 atom stereocenters. The number of nitrogens with two attached hydrogens (primary N) is 1. The minimum atomic E-state index is -0.530. The Morgan fingerprint density at radius 3 is 2.87 bits per heavy atom. The van der Waals surface area contributed by atoms with Gasteiger partial charge >= 0.3 is 5.63 Å². The number of amides is 2. The predicted octanol–water partition coefficient (Wildman–Crippen LogP) is 3.41. The van der Waals surface area contributed by atoms with Gasteiger partial charge in [-0.2, -0.15) is 0 Å². The summed E-state index contributed by atoms with van der Waals surface area (Å²) in [4.78, 5) is 37.1. The van der Waals surface area contributed by atoms with Crippen LogP contribution in [0.3, 0.4) is 0 Å². The van der Waals surface area contributed by atoms with Gasteiger partial charge in [-0.05, 0) is 48.9 Å². The Labute approximate surface area is 176 Å². The Bertz CT molecular complexity index is 1190. The summed E-state index contributed by atoms with van der Waals surface area (Å²) in [6.45, 7) is 1.80. The largest absolute Gasteiger partial charge is 0.484 e. The molecule has 0 unspecified atom stereocenters. The molecule has 8 heteroatoms. The zero-order valence-electron chi connectivity index (χ0n) is 16.6. The van der Waals surface area contributed by atoms with E-state index in [1.807, 2.05) is 13.0 Å². The maximum atomic E-state index is 12.4. The summed E-state index contributed by atoms with van der Waals surface area (Å²) in [5.41, 5.74) is 7.83. The molecule has 1 aliphatic rings. The number of anilines is 1. The molecule has 156 valence electrons. The monoisotopic (exact) mass is 426 g/mol. The van der Waals surface area contributed by atoms with Gasteiger partial charge in [0.25, 0.3) is 11.8 Å². The quantitative estimate of drug-likeness (QED) is 0.562.